The summed E-state index contributed by atoms with van der Waals surface area (Å²) in [5, 5.41) is 15.0. The van der Waals surface area contributed by atoms with E-state index in [1.807, 2.05) is 0 Å². The third-order valence-electron chi connectivity index (χ3n) is 3.36. The van der Waals surface area contributed by atoms with E-state index in [2.05, 4.69) is 10.6 Å². The Bertz CT molecular complexity index is 544. The lowest BCUT2D eigenvalue weighted by Gasteiger charge is -2.41. The van der Waals surface area contributed by atoms with E-state index >= 15 is 0 Å². The van der Waals surface area contributed by atoms with E-state index in [-0.39, 0.29) is 6.42 Å². The first kappa shape index (κ1) is 14.9. The van der Waals surface area contributed by atoms with Gasteiger partial charge >= 0.3 is 12.0 Å². The van der Waals surface area contributed by atoms with E-state index in [9.17, 15) is 9.59 Å². The molecule has 0 unspecified atom stereocenters. The summed E-state index contributed by atoms with van der Waals surface area (Å²) in [6.45, 7) is 0. The minimum atomic E-state index is -0.925. The molecular weight excluding hydrogens is 303 g/mol. The van der Waals surface area contributed by atoms with Crippen molar-refractivity contribution in [2.24, 2.45) is 0 Å². The fourth-order valence-electron chi connectivity index (χ4n) is 2.23. The molecule has 0 bridgehead atoms. The van der Waals surface area contributed by atoms with Crippen molar-refractivity contribution >= 4 is 40.9 Å². The third kappa shape index (κ3) is 3.55. The number of nitrogens with one attached hydrogen (secondary N) is 2. The zero-order valence-corrected chi connectivity index (χ0v) is 12.1. The molecule has 0 radical (unpaired) electrons. The van der Waals surface area contributed by atoms with Crippen LogP contribution in [0.5, 0.6) is 0 Å². The van der Waals surface area contributed by atoms with Gasteiger partial charge in [0.2, 0.25) is 0 Å². The van der Waals surface area contributed by atoms with Crippen LogP contribution >= 0.6 is 23.2 Å². The second kappa shape index (κ2) is 5.89. The topological polar surface area (TPSA) is 78.4 Å². The lowest BCUT2D eigenvalue weighted by atomic mass is 9.74. The van der Waals surface area contributed by atoms with Crippen molar-refractivity contribution in [2.75, 3.05) is 5.32 Å². The number of hydrogen-bond donors (Lipinski definition) is 3. The van der Waals surface area contributed by atoms with Gasteiger partial charge in [0, 0.05) is 5.02 Å². The van der Waals surface area contributed by atoms with Crippen molar-refractivity contribution in [1.29, 1.82) is 0 Å². The van der Waals surface area contributed by atoms with Gasteiger partial charge in [-0.15, -0.1) is 0 Å². The number of halogens is 2. The van der Waals surface area contributed by atoms with Gasteiger partial charge in [-0.2, -0.15) is 0 Å². The van der Waals surface area contributed by atoms with Crippen molar-refractivity contribution < 1.29 is 14.7 Å². The molecule has 2 rings (SSSR count). The van der Waals surface area contributed by atoms with E-state index in [0.717, 1.165) is 6.42 Å². The lowest BCUT2D eigenvalue weighted by molar-refractivity contribution is -0.139. The van der Waals surface area contributed by atoms with Crippen molar-refractivity contribution in [3.63, 3.8) is 0 Å². The van der Waals surface area contributed by atoms with E-state index in [0.29, 0.717) is 28.6 Å². The molecular formula is C13H14Cl2N2O3. The van der Waals surface area contributed by atoms with Crippen LogP contribution < -0.4 is 10.6 Å². The molecule has 1 aromatic rings. The van der Waals surface area contributed by atoms with Gasteiger partial charge in [-0.1, -0.05) is 23.2 Å². The first-order valence-electron chi connectivity index (χ1n) is 6.16. The van der Waals surface area contributed by atoms with Crippen LogP contribution in [0.4, 0.5) is 10.5 Å². The molecule has 108 valence electrons. The zero-order valence-electron chi connectivity index (χ0n) is 10.6. The SMILES string of the molecule is O=C(O)CC1(NC(=O)Nc2cc(Cl)ccc2Cl)CCC1. The molecule has 0 atom stereocenters. The molecule has 3 N–H and O–H groups in total. The van der Waals surface area contributed by atoms with E-state index in [1.54, 1.807) is 12.1 Å². The highest BCUT2D eigenvalue weighted by molar-refractivity contribution is 6.35. The maximum absolute atomic E-state index is 11.9. The average Bonchev–Trinajstić information content (AvgIpc) is 2.30. The number of hydrogen-bond acceptors (Lipinski definition) is 2. The summed E-state index contributed by atoms with van der Waals surface area (Å²) >= 11 is 11.8. The average molecular weight is 317 g/mol. The number of amides is 2. The Morgan fingerprint density at radius 3 is 2.55 bits per heavy atom. The zero-order chi connectivity index (χ0) is 14.8. The molecule has 1 saturated carbocycles. The van der Waals surface area contributed by atoms with Crippen molar-refractivity contribution in [1.82, 2.24) is 5.32 Å². The second-order valence-electron chi connectivity index (χ2n) is 4.91. The summed E-state index contributed by atoms with van der Waals surface area (Å²) in [6, 6.07) is 4.25. The summed E-state index contributed by atoms with van der Waals surface area (Å²) in [5.74, 6) is -0.925. The Balaban J connectivity index is 2.01. The lowest BCUT2D eigenvalue weighted by Crippen LogP contribution is -2.55. The molecule has 20 heavy (non-hydrogen) atoms. The smallest absolute Gasteiger partial charge is 0.319 e. The van der Waals surface area contributed by atoms with Gasteiger partial charge in [-0.3, -0.25) is 4.79 Å². The van der Waals surface area contributed by atoms with Gasteiger partial charge in [0.25, 0.3) is 0 Å². The Morgan fingerprint density at radius 1 is 1.30 bits per heavy atom. The van der Waals surface area contributed by atoms with Crippen LogP contribution in [0.25, 0.3) is 0 Å². The van der Waals surface area contributed by atoms with E-state index in [4.69, 9.17) is 28.3 Å². The predicted octanol–water partition coefficient (Wildman–Crippen LogP) is 3.51. The molecule has 1 fully saturated rings. The molecule has 0 saturated heterocycles. The molecule has 1 aliphatic carbocycles. The molecule has 5 nitrogen and oxygen atoms in total. The third-order valence-corrected chi connectivity index (χ3v) is 3.92. The van der Waals surface area contributed by atoms with E-state index in [1.165, 1.54) is 6.07 Å². The number of urea groups is 1. The summed E-state index contributed by atoms with van der Waals surface area (Å²) in [7, 11) is 0. The van der Waals surface area contributed by atoms with Crippen LogP contribution in [-0.4, -0.2) is 22.6 Å². The molecule has 0 heterocycles. The van der Waals surface area contributed by atoms with Crippen molar-refractivity contribution in [2.45, 2.75) is 31.2 Å². The molecule has 2 amide bonds. The monoisotopic (exact) mass is 316 g/mol. The van der Waals surface area contributed by atoms with E-state index < -0.39 is 17.5 Å². The minimum Gasteiger partial charge on any atom is -0.481 e. The van der Waals surface area contributed by atoms with Crippen LogP contribution in [0.1, 0.15) is 25.7 Å². The second-order valence-corrected chi connectivity index (χ2v) is 5.75. The van der Waals surface area contributed by atoms with Gasteiger partial charge in [0.1, 0.15) is 0 Å². The number of rotatable bonds is 4. The molecule has 0 spiro atoms. The van der Waals surface area contributed by atoms with Crippen LogP contribution in [0, 0.1) is 0 Å². The first-order valence-corrected chi connectivity index (χ1v) is 6.92. The summed E-state index contributed by atoms with van der Waals surface area (Å²) < 4.78 is 0. The Labute approximate surface area is 126 Å². The Morgan fingerprint density at radius 2 is 2.00 bits per heavy atom. The molecule has 1 aromatic carbocycles. The Hall–Kier alpha value is -1.46. The summed E-state index contributed by atoms with van der Waals surface area (Å²) in [5.41, 5.74) is -0.262. The predicted molar refractivity (Wildman–Crippen MR) is 77.5 cm³/mol. The quantitative estimate of drug-likeness (QED) is 0.795. The number of aliphatic carboxylic acids is 1. The fourth-order valence-corrected chi connectivity index (χ4v) is 2.56. The Kier molecular flexibility index (Phi) is 4.40. The highest BCUT2D eigenvalue weighted by Crippen LogP contribution is 2.35. The minimum absolute atomic E-state index is 0.0797. The maximum Gasteiger partial charge on any atom is 0.319 e. The fraction of sp³-hybridized carbons (Fsp3) is 0.385. The molecule has 0 aliphatic heterocycles. The number of carboxylic acid groups (broad SMARTS) is 1. The van der Waals surface area contributed by atoms with Crippen LogP contribution in [0.15, 0.2) is 18.2 Å². The maximum atomic E-state index is 11.9. The number of benzene rings is 1. The highest BCUT2D eigenvalue weighted by atomic mass is 35.5. The molecule has 7 heteroatoms. The van der Waals surface area contributed by atoms with Gasteiger partial charge in [-0.05, 0) is 37.5 Å². The molecule has 1 aliphatic rings. The first-order chi connectivity index (χ1) is 9.40. The summed E-state index contributed by atoms with van der Waals surface area (Å²) in [4.78, 5) is 22.8. The van der Waals surface area contributed by atoms with Crippen LogP contribution in [0.3, 0.4) is 0 Å². The van der Waals surface area contributed by atoms with Crippen molar-refractivity contribution in [3.8, 4) is 0 Å². The van der Waals surface area contributed by atoms with Crippen molar-refractivity contribution in [3.05, 3.63) is 28.2 Å². The normalized spacial score (nSPS) is 16.1. The van der Waals surface area contributed by atoms with Gasteiger partial charge < -0.3 is 15.7 Å². The number of carbonyl (C=O) groups excluding carboxylic acids is 1. The summed E-state index contributed by atoms with van der Waals surface area (Å²) in [6.07, 6.45) is 2.15. The van der Waals surface area contributed by atoms with Crippen LogP contribution in [0.2, 0.25) is 10.0 Å². The number of carbonyl (C=O) groups is 2. The van der Waals surface area contributed by atoms with Gasteiger partial charge in [0.05, 0.1) is 22.7 Å². The number of anilines is 1. The largest absolute Gasteiger partial charge is 0.481 e. The van der Waals surface area contributed by atoms with Gasteiger partial charge in [0.15, 0.2) is 0 Å². The highest BCUT2D eigenvalue weighted by Gasteiger charge is 2.40. The van der Waals surface area contributed by atoms with Crippen LogP contribution in [-0.2, 0) is 4.79 Å². The standard InChI is InChI=1S/C13H14Cl2N2O3/c14-8-2-3-9(15)10(6-8)16-12(20)17-13(4-1-5-13)7-11(18)19/h2-3,6H,1,4-5,7H2,(H,18,19)(H2,16,17,20). The number of carboxylic acids is 1. The molecule has 0 aromatic heterocycles. The van der Waals surface area contributed by atoms with Gasteiger partial charge in [-0.25, -0.2) is 4.79 Å².